The van der Waals surface area contributed by atoms with Gasteiger partial charge >= 0.3 is 12.1 Å². The van der Waals surface area contributed by atoms with Gasteiger partial charge in [0.25, 0.3) is 0 Å². The molecule has 1 N–H and O–H groups in total. The average molecular weight is 498 g/mol. The fraction of sp³-hybridized carbons (Fsp3) is 0.471. The number of nitrogens with one attached hydrogen (secondary N) is 1. The molecule has 0 bridgehead atoms. The SMILES string of the molecule is COc1cc(NC(C)=O)c(I)cc1C(=O)C1CCN(C(=O)C(F)(F)F)CC1. The Morgan fingerprint density at radius 1 is 1.22 bits per heavy atom. The third-order valence-corrected chi connectivity index (χ3v) is 5.15. The second-order valence-corrected chi connectivity index (χ2v) is 7.30. The molecule has 0 aliphatic carbocycles. The lowest BCUT2D eigenvalue weighted by Gasteiger charge is -2.32. The zero-order valence-corrected chi connectivity index (χ0v) is 16.8. The van der Waals surface area contributed by atoms with Crippen LogP contribution in [0.2, 0.25) is 0 Å². The molecular formula is C17H18F3IN2O4. The third kappa shape index (κ3) is 5.11. The fourth-order valence-electron chi connectivity index (χ4n) is 2.94. The molecule has 1 aromatic carbocycles. The number of hydrogen-bond donors (Lipinski definition) is 1. The number of ketones is 1. The minimum atomic E-state index is -4.91. The zero-order valence-electron chi connectivity index (χ0n) is 14.7. The Morgan fingerprint density at radius 3 is 2.30 bits per heavy atom. The quantitative estimate of drug-likeness (QED) is 0.511. The summed E-state index contributed by atoms with van der Waals surface area (Å²) in [5.41, 5.74) is 0.804. The van der Waals surface area contributed by atoms with E-state index in [-0.39, 0.29) is 43.4 Å². The highest BCUT2D eigenvalue weighted by molar-refractivity contribution is 14.1. The van der Waals surface area contributed by atoms with Crippen LogP contribution in [0.25, 0.3) is 0 Å². The van der Waals surface area contributed by atoms with Gasteiger partial charge in [0, 0.05) is 35.6 Å². The molecule has 1 heterocycles. The number of amides is 2. The molecule has 0 saturated carbocycles. The molecule has 2 rings (SSSR count). The molecule has 2 amide bonds. The standard InChI is InChI=1S/C17H18F3IN2O4/c1-9(24)22-13-8-14(27-2)11(7-12(13)21)15(25)10-3-5-23(6-4-10)16(26)17(18,19)20/h7-8,10H,3-6H2,1-2H3,(H,22,24). The van der Waals surface area contributed by atoms with Crippen LogP contribution in [0.15, 0.2) is 12.1 Å². The largest absolute Gasteiger partial charge is 0.496 e. The normalized spacial score (nSPS) is 15.4. The first-order chi connectivity index (χ1) is 12.5. The van der Waals surface area contributed by atoms with E-state index in [1.165, 1.54) is 14.0 Å². The molecule has 0 spiro atoms. The van der Waals surface area contributed by atoms with Crippen LogP contribution in [0.4, 0.5) is 18.9 Å². The van der Waals surface area contributed by atoms with Crippen molar-refractivity contribution in [2.45, 2.75) is 25.9 Å². The summed E-state index contributed by atoms with van der Waals surface area (Å²) in [5.74, 6) is -2.62. The highest BCUT2D eigenvalue weighted by Gasteiger charge is 2.43. The van der Waals surface area contributed by atoms with E-state index < -0.39 is 18.0 Å². The summed E-state index contributed by atoms with van der Waals surface area (Å²) >= 11 is 1.98. The summed E-state index contributed by atoms with van der Waals surface area (Å²) in [5, 5.41) is 2.64. The zero-order chi connectivity index (χ0) is 20.4. The first kappa shape index (κ1) is 21.5. The molecule has 6 nitrogen and oxygen atoms in total. The monoisotopic (exact) mass is 498 g/mol. The van der Waals surface area contributed by atoms with Crippen LogP contribution < -0.4 is 10.1 Å². The van der Waals surface area contributed by atoms with E-state index in [2.05, 4.69) is 5.32 Å². The number of Topliss-reactive ketones (excluding diaryl/α,β-unsaturated/α-hetero) is 1. The van der Waals surface area contributed by atoms with E-state index in [1.807, 2.05) is 22.6 Å². The van der Waals surface area contributed by atoms with E-state index in [9.17, 15) is 27.6 Å². The number of carbonyl (C=O) groups excluding carboxylic acids is 3. The van der Waals surface area contributed by atoms with Crippen molar-refractivity contribution in [1.82, 2.24) is 4.90 Å². The van der Waals surface area contributed by atoms with Gasteiger partial charge in [-0.05, 0) is 41.5 Å². The molecule has 1 saturated heterocycles. The predicted octanol–water partition coefficient (Wildman–Crippen LogP) is 3.24. The van der Waals surface area contributed by atoms with Gasteiger partial charge in [0.1, 0.15) is 5.75 Å². The van der Waals surface area contributed by atoms with E-state index in [0.717, 1.165) is 4.90 Å². The molecule has 0 radical (unpaired) electrons. The van der Waals surface area contributed by atoms with Crippen LogP contribution in [0.3, 0.4) is 0 Å². The first-order valence-corrected chi connectivity index (χ1v) is 9.18. The summed E-state index contributed by atoms with van der Waals surface area (Å²) in [7, 11) is 1.39. The van der Waals surface area contributed by atoms with Crippen LogP contribution in [0.1, 0.15) is 30.1 Å². The number of ether oxygens (including phenoxy) is 1. The molecule has 1 aromatic rings. The van der Waals surface area contributed by atoms with Crippen LogP contribution in [0, 0.1) is 9.49 Å². The molecule has 148 valence electrons. The van der Waals surface area contributed by atoms with Gasteiger partial charge in [0.15, 0.2) is 5.78 Å². The Balaban J connectivity index is 2.16. The Kier molecular flexibility index (Phi) is 6.71. The number of hydrogen-bond acceptors (Lipinski definition) is 4. The maximum Gasteiger partial charge on any atom is 0.471 e. The topological polar surface area (TPSA) is 75.7 Å². The molecule has 0 atom stereocenters. The molecular weight excluding hydrogens is 480 g/mol. The van der Waals surface area contributed by atoms with Crippen molar-refractivity contribution in [1.29, 1.82) is 0 Å². The van der Waals surface area contributed by atoms with E-state index in [1.54, 1.807) is 12.1 Å². The summed E-state index contributed by atoms with van der Waals surface area (Å²) in [6, 6.07) is 3.12. The summed E-state index contributed by atoms with van der Waals surface area (Å²) in [6.45, 7) is 1.11. The Morgan fingerprint density at radius 2 is 1.81 bits per heavy atom. The van der Waals surface area contributed by atoms with Crippen molar-refractivity contribution in [2.75, 3.05) is 25.5 Å². The van der Waals surface area contributed by atoms with E-state index >= 15 is 0 Å². The average Bonchev–Trinajstić information content (AvgIpc) is 2.60. The number of anilines is 1. The molecule has 1 fully saturated rings. The third-order valence-electron chi connectivity index (χ3n) is 4.26. The predicted molar refractivity (Wildman–Crippen MR) is 99.7 cm³/mol. The van der Waals surface area contributed by atoms with E-state index in [4.69, 9.17) is 4.74 Å². The van der Waals surface area contributed by atoms with Crippen LogP contribution >= 0.6 is 22.6 Å². The lowest BCUT2D eigenvalue weighted by molar-refractivity contribution is -0.186. The number of piperidine rings is 1. The number of rotatable bonds is 4. The highest BCUT2D eigenvalue weighted by Crippen LogP contribution is 2.33. The van der Waals surface area contributed by atoms with E-state index in [0.29, 0.717) is 14.8 Å². The van der Waals surface area contributed by atoms with Crippen LogP contribution in [-0.4, -0.2) is 48.9 Å². The van der Waals surface area contributed by atoms with Crippen molar-refractivity contribution < 1.29 is 32.3 Å². The minimum Gasteiger partial charge on any atom is -0.496 e. The van der Waals surface area contributed by atoms with Gasteiger partial charge in [0.05, 0.1) is 18.4 Å². The maximum absolute atomic E-state index is 12.8. The maximum atomic E-state index is 12.8. The Labute approximate surface area is 167 Å². The van der Waals surface area contributed by atoms with Crippen molar-refractivity contribution in [3.63, 3.8) is 0 Å². The van der Waals surface area contributed by atoms with Gasteiger partial charge in [-0.3, -0.25) is 14.4 Å². The van der Waals surface area contributed by atoms with Gasteiger partial charge in [-0.2, -0.15) is 13.2 Å². The number of likely N-dealkylation sites (tertiary alicyclic amines) is 1. The van der Waals surface area contributed by atoms with Gasteiger partial charge in [-0.15, -0.1) is 0 Å². The lowest BCUT2D eigenvalue weighted by Crippen LogP contribution is -2.46. The number of alkyl halides is 3. The summed E-state index contributed by atoms with van der Waals surface area (Å²) in [4.78, 5) is 36.1. The summed E-state index contributed by atoms with van der Waals surface area (Å²) in [6.07, 6.45) is -4.61. The van der Waals surface area contributed by atoms with Gasteiger partial charge in [0.2, 0.25) is 5.91 Å². The molecule has 10 heteroatoms. The Hall–Kier alpha value is -1.85. The number of halogens is 4. The molecule has 0 aromatic heterocycles. The van der Waals surface area contributed by atoms with Gasteiger partial charge < -0.3 is 15.0 Å². The fourth-order valence-corrected chi connectivity index (χ4v) is 3.55. The number of nitrogens with zero attached hydrogens (tertiary/aromatic N) is 1. The Bertz CT molecular complexity index is 759. The molecule has 1 aliphatic heterocycles. The minimum absolute atomic E-state index is 0.127. The second-order valence-electron chi connectivity index (χ2n) is 6.14. The van der Waals surface area contributed by atoms with Gasteiger partial charge in [-0.1, -0.05) is 0 Å². The van der Waals surface area contributed by atoms with Crippen molar-refractivity contribution in [3.05, 3.63) is 21.3 Å². The second kappa shape index (κ2) is 8.44. The van der Waals surface area contributed by atoms with Crippen LogP contribution in [-0.2, 0) is 9.59 Å². The molecule has 0 unspecified atom stereocenters. The van der Waals surface area contributed by atoms with Crippen molar-refractivity contribution >= 4 is 45.9 Å². The lowest BCUT2D eigenvalue weighted by atomic mass is 9.88. The number of benzene rings is 1. The first-order valence-electron chi connectivity index (χ1n) is 8.10. The van der Waals surface area contributed by atoms with Gasteiger partial charge in [-0.25, -0.2) is 0 Å². The smallest absolute Gasteiger partial charge is 0.471 e. The molecule has 27 heavy (non-hydrogen) atoms. The molecule has 1 aliphatic rings. The summed E-state index contributed by atoms with van der Waals surface area (Å²) < 4.78 is 43.4. The van der Waals surface area contributed by atoms with Crippen molar-refractivity contribution in [3.8, 4) is 5.75 Å². The van der Waals surface area contributed by atoms with Crippen LogP contribution in [0.5, 0.6) is 5.75 Å². The number of methoxy groups -OCH3 is 1. The number of carbonyl (C=O) groups is 3. The van der Waals surface area contributed by atoms with Crippen molar-refractivity contribution in [2.24, 2.45) is 5.92 Å². The highest BCUT2D eigenvalue weighted by atomic mass is 127.